The van der Waals surface area contributed by atoms with E-state index in [1.54, 1.807) is 12.8 Å². The van der Waals surface area contributed by atoms with E-state index in [9.17, 15) is 4.79 Å². The molecule has 4 aliphatic carbocycles. The number of hydrogen-bond acceptors (Lipinski definition) is 4. The van der Waals surface area contributed by atoms with E-state index >= 15 is 0 Å². The molecule has 4 atom stereocenters. The minimum Gasteiger partial charge on any atom is -0.460 e. The molecule has 212 valence electrons. The summed E-state index contributed by atoms with van der Waals surface area (Å²) >= 11 is 0. The summed E-state index contributed by atoms with van der Waals surface area (Å²) in [5, 5.41) is 0.305. The maximum absolute atomic E-state index is 11.9. The van der Waals surface area contributed by atoms with Gasteiger partial charge >= 0.3 is 23.0 Å². The Morgan fingerprint density at radius 2 is 1.43 bits per heavy atom. The van der Waals surface area contributed by atoms with Gasteiger partial charge in [-0.15, -0.1) is 0 Å². The molecule has 2 bridgehead atoms. The molecule has 0 spiro atoms. The van der Waals surface area contributed by atoms with Crippen molar-refractivity contribution in [3.63, 3.8) is 0 Å². The van der Waals surface area contributed by atoms with Crippen LogP contribution in [0.5, 0.6) is 0 Å². The van der Waals surface area contributed by atoms with Crippen molar-refractivity contribution in [2.75, 3.05) is 24.6 Å². The van der Waals surface area contributed by atoms with Crippen LogP contribution in [0.25, 0.3) is 0 Å². The van der Waals surface area contributed by atoms with E-state index < -0.39 is 8.32 Å². The van der Waals surface area contributed by atoms with Crippen molar-refractivity contribution >= 4 is 20.0 Å². The molecule has 6 heteroatoms. The van der Waals surface area contributed by atoms with Gasteiger partial charge in [-0.05, 0) is 117 Å². The SMILES string of the molecule is CC(C)(C)[Si](C)(C)OC[C]1[CH][CH][CH][CH]1.O=C(OCc1ccc(N2C[C@@H]3[C@H](C2)[C@@H]2C=C[C@H]3C2)cc1)[C]1[CH][CH][CH][CH]1.[Fe+2]. The molecule has 1 aromatic rings. The summed E-state index contributed by atoms with van der Waals surface area (Å²) in [6, 6.07) is 8.49. The van der Waals surface area contributed by atoms with Gasteiger partial charge < -0.3 is 14.1 Å². The van der Waals surface area contributed by atoms with Crippen LogP contribution in [0, 0.1) is 86.9 Å². The van der Waals surface area contributed by atoms with Crippen molar-refractivity contribution < 1.29 is 31.0 Å². The second-order valence-electron chi connectivity index (χ2n) is 12.9. The number of benzene rings is 1. The molecule has 1 aromatic carbocycles. The smallest absolute Gasteiger partial charge is 0.460 e. The Balaban J connectivity index is 0.000000213. The molecule has 0 N–H and O–H groups in total. The molecule has 0 amide bonds. The number of anilines is 1. The average molecular weight is 598 g/mol. The summed E-state index contributed by atoms with van der Waals surface area (Å²) in [7, 11) is -1.56. The van der Waals surface area contributed by atoms with E-state index in [-0.39, 0.29) is 23.0 Å². The Kier molecular flexibility index (Phi) is 10.7. The number of carbonyl (C=O) groups excluding carboxylic acids is 1. The second-order valence-corrected chi connectivity index (χ2v) is 17.7. The molecule has 1 heterocycles. The molecule has 5 aliphatic rings. The number of nitrogens with zero attached hydrogens (tertiary/aromatic N) is 1. The molecule has 0 aromatic heterocycles. The van der Waals surface area contributed by atoms with E-state index in [1.807, 2.05) is 12.8 Å². The van der Waals surface area contributed by atoms with Crippen LogP contribution in [-0.2, 0) is 37.6 Å². The van der Waals surface area contributed by atoms with E-state index in [2.05, 4.69) is 101 Å². The number of esters is 1. The van der Waals surface area contributed by atoms with Gasteiger partial charge in [-0.3, -0.25) is 4.79 Å². The van der Waals surface area contributed by atoms with Crippen LogP contribution >= 0.6 is 0 Å². The van der Waals surface area contributed by atoms with E-state index in [1.165, 1.54) is 31.1 Å². The third kappa shape index (κ3) is 7.46. The summed E-state index contributed by atoms with van der Waals surface area (Å²) in [6.45, 7) is 14.8. The Bertz CT molecular complexity index is 971. The van der Waals surface area contributed by atoms with Gasteiger partial charge in [0, 0.05) is 31.3 Å². The minimum absolute atomic E-state index is 0. The molecule has 40 heavy (non-hydrogen) atoms. The summed E-state index contributed by atoms with van der Waals surface area (Å²) < 4.78 is 11.5. The zero-order chi connectivity index (χ0) is 27.6. The molecule has 10 radical (unpaired) electrons. The van der Waals surface area contributed by atoms with Gasteiger partial charge in [0.2, 0.25) is 0 Å². The van der Waals surface area contributed by atoms with Crippen molar-refractivity contribution in [1.82, 2.24) is 0 Å². The molecule has 1 saturated heterocycles. The van der Waals surface area contributed by atoms with E-state index in [0.29, 0.717) is 17.6 Å². The predicted molar refractivity (Wildman–Crippen MR) is 160 cm³/mol. The van der Waals surface area contributed by atoms with Gasteiger partial charge in [0.1, 0.15) is 6.61 Å². The average Bonchev–Trinajstić information content (AvgIpc) is 3.73. The van der Waals surface area contributed by atoms with Gasteiger partial charge in [-0.1, -0.05) is 45.1 Å². The number of fused-ring (bicyclic) bond motifs is 5. The van der Waals surface area contributed by atoms with Gasteiger partial charge in [-0.25, -0.2) is 0 Å². The first kappa shape index (κ1) is 31.9. The Morgan fingerprint density at radius 1 is 0.875 bits per heavy atom. The van der Waals surface area contributed by atoms with Crippen LogP contribution < -0.4 is 4.90 Å². The number of ether oxygens (including phenoxy) is 1. The van der Waals surface area contributed by atoms with Crippen molar-refractivity contribution in [3.8, 4) is 0 Å². The van der Waals surface area contributed by atoms with Crippen LogP contribution in [0.15, 0.2) is 36.4 Å². The third-order valence-electron chi connectivity index (χ3n) is 9.37. The number of carbonyl (C=O) groups is 1. The number of hydrogen-bond donors (Lipinski definition) is 0. The van der Waals surface area contributed by atoms with Gasteiger partial charge in [0.05, 0.1) is 5.92 Å². The fraction of sp³-hybridized carbons (Fsp3) is 0.441. The van der Waals surface area contributed by atoms with Gasteiger partial charge in [-0.2, -0.15) is 0 Å². The Morgan fingerprint density at radius 3 is 1.98 bits per heavy atom. The topological polar surface area (TPSA) is 38.8 Å². The molecule has 0 unspecified atom stereocenters. The predicted octanol–water partition coefficient (Wildman–Crippen LogP) is 6.80. The largest absolute Gasteiger partial charge is 2.00 e. The van der Waals surface area contributed by atoms with Crippen molar-refractivity contribution in [1.29, 1.82) is 0 Å². The van der Waals surface area contributed by atoms with Gasteiger partial charge in [0.25, 0.3) is 0 Å². The standard InChI is InChI=1S/C22H22NO2.C12H21OSi.Fe/c24-22(16-3-1-2-4-16)25-14-15-5-9-19(10-6-15)23-12-20-17-7-8-18(11-17)21(20)13-23;1-12(2,3)14(4,5)13-10-11-8-6-7-9-11;/h1-10,17-18,20-21H,11-14H2;6-9H,10H2,1-5H3;/q;;+2/t17-,18+,20-,21+;;. The number of allylic oxidation sites excluding steroid dienone is 2. The molecule has 6 rings (SSSR count). The second kappa shape index (κ2) is 13.5. The van der Waals surface area contributed by atoms with Crippen LogP contribution in [0.1, 0.15) is 32.8 Å². The fourth-order valence-electron chi connectivity index (χ4n) is 5.90. The maximum atomic E-state index is 11.9. The summed E-state index contributed by atoms with van der Waals surface area (Å²) in [5.41, 5.74) is 2.32. The minimum atomic E-state index is -1.56. The molecule has 1 aliphatic heterocycles. The quantitative estimate of drug-likeness (QED) is 0.197. The first-order chi connectivity index (χ1) is 18.6. The van der Waals surface area contributed by atoms with Crippen LogP contribution in [0.4, 0.5) is 5.69 Å². The number of rotatable bonds is 7. The monoisotopic (exact) mass is 597 g/mol. The Hall–Kier alpha value is -1.07. The van der Waals surface area contributed by atoms with Crippen LogP contribution in [0.2, 0.25) is 18.1 Å². The summed E-state index contributed by atoms with van der Waals surface area (Å²) in [5.74, 6) is 4.97. The molecular weight excluding hydrogens is 554 g/mol. The van der Waals surface area contributed by atoms with Gasteiger partial charge in [0.15, 0.2) is 8.32 Å². The zero-order valence-corrected chi connectivity index (χ0v) is 26.6. The normalized spacial score (nSPS) is 27.9. The van der Waals surface area contributed by atoms with Crippen molar-refractivity contribution in [3.05, 3.63) is 105 Å². The maximum Gasteiger partial charge on any atom is 2.00 e. The summed E-state index contributed by atoms with van der Waals surface area (Å²) in [6.07, 6.45) is 21.9. The first-order valence-corrected chi connectivity index (χ1v) is 17.3. The van der Waals surface area contributed by atoms with E-state index in [4.69, 9.17) is 9.16 Å². The fourth-order valence-corrected chi connectivity index (χ4v) is 6.86. The zero-order valence-electron chi connectivity index (χ0n) is 24.5. The van der Waals surface area contributed by atoms with E-state index in [0.717, 1.165) is 35.8 Å². The Labute approximate surface area is 255 Å². The van der Waals surface area contributed by atoms with Crippen molar-refractivity contribution in [2.45, 2.75) is 51.9 Å². The summed E-state index contributed by atoms with van der Waals surface area (Å²) in [4.78, 5) is 14.4. The van der Waals surface area contributed by atoms with Crippen molar-refractivity contribution in [2.24, 2.45) is 23.7 Å². The first-order valence-electron chi connectivity index (χ1n) is 14.4. The third-order valence-corrected chi connectivity index (χ3v) is 13.8. The molecule has 3 saturated carbocycles. The van der Waals surface area contributed by atoms with Crippen LogP contribution in [-0.4, -0.2) is 34.0 Å². The molecule has 4 fully saturated rings. The molecule has 4 nitrogen and oxygen atoms in total. The van der Waals surface area contributed by atoms with Crippen LogP contribution in [0.3, 0.4) is 0 Å². The molecular formula is C34H43FeNO3Si+2.